The van der Waals surface area contributed by atoms with Gasteiger partial charge in [0.1, 0.15) is 0 Å². The van der Waals surface area contributed by atoms with Crippen molar-refractivity contribution in [2.24, 2.45) is 0 Å². The van der Waals surface area contributed by atoms with Gasteiger partial charge in [-0.15, -0.1) is 0 Å². The molecule has 0 radical (unpaired) electrons. The van der Waals surface area contributed by atoms with Gasteiger partial charge in [-0.2, -0.15) is 12.6 Å². The molecule has 0 nitrogen and oxygen atoms in total. The lowest BCUT2D eigenvalue weighted by Crippen LogP contribution is -2.19. The topological polar surface area (TPSA) is 0 Å². The van der Waals surface area contributed by atoms with E-state index < -0.39 is 3.93 Å². The number of rotatable bonds is 1. The van der Waals surface area contributed by atoms with Crippen molar-refractivity contribution in [3.63, 3.8) is 0 Å². The minimum atomic E-state index is -1.43. The Kier molecular flexibility index (Phi) is 4.18. The second-order valence-electron chi connectivity index (χ2n) is 1.22. The van der Waals surface area contributed by atoms with E-state index in [9.17, 15) is 0 Å². The van der Waals surface area contributed by atoms with E-state index in [1.54, 1.807) is 0 Å². The molecule has 0 aromatic carbocycles. The zero-order chi connectivity index (χ0) is 6.08. The average molecular weight is 329 g/mol. The van der Waals surface area contributed by atoms with Crippen molar-refractivity contribution in [3.8, 4) is 0 Å². The van der Waals surface area contributed by atoms with Crippen molar-refractivity contribution in [2.75, 3.05) is 0 Å². The highest BCUT2D eigenvalue weighted by Gasteiger charge is 2.27. The van der Waals surface area contributed by atoms with Crippen LogP contribution in [0.1, 0.15) is 6.92 Å². The van der Waals surface area contributed by atoms with E-state index in [0.29, 0.717) is 4.87 Å². The Bertz CT molecular complexity index is 58.4. The van der Waals surface area contributed by atoms with Gasteiger partial charge in [0.05, 0.1) is 0 Å². The number of thiol groups is 1. The van der Waals surface area contributed by atoms with Crippen LogP contribution in [0.3, 0.4) is 0 Å². The highest BCUT2D eigenvalue weighted by atomic mass is 80.0. The lowest BCUT2D eigenvalue weighted by molar-refractivity contribution is 1.41. The molecule has 0 rings (SSSR count). The fourth-order valence-corrected chi connectivity index (χ4v) is 0. The second kappa shape index (κ2) is 3.24. The van der Waals surface area contributed by atoms with Crippen molar-refractivity contribution in [2.45, 2.75) is 11.8 Å². The minimum Gasteiger partial charge on any atom is -0.177 e. The van der Waals surface area contributed by atoms with Crippen LogP contribution >= 0.6 is 58.5 Å². The molecule has 1 unspecified atom stereocenters. The van der Waals surface area contributed by atoms with Gasteiger partial charge in [0.25, 0.3) is 3.93 Å². The lowest BCUT2D eigenvalue weighted by Gasteiger charge is -2.10. The molecule has 0 bridgehead atoms. The van der Waals surface area contributed by atoms with Crippen molar-refractivity contribution in [3.05, 3.63) is 0 Å². The molecule has 1 atom stereocenters. The summed E-state index contributed by atoms with van der Waals surface area (Å²) in [7, 11) is 0. The molecule has 0 saturated heterocycles. The maximum Gasteiger partial charge on any atom is 0.279 e. The first-order valence-electron chi connectivity index (χ1n) is 1.69. The van der Waals surface area contributed by atoms with Gasteiger partial charge in [0.15, 0.2) is 0 Å². The number of hydrogen-bond donors (Lipinski definition) is 1. The third kappa shape index (κ3) is 4.51. The predicted octanol–water partition coefficient (Wildman–Crippen LogP) is 2.97. The van der Waals surface area contributed by atoms with E-state index >= 15 is 0 Å². The molecule has 0 amide bonds. The molecule has 0 fully saturated rings. The van der Waals surface area contributed by atoms with Crippen molar-refractivity contribution in [1.82, 2.24) is 0 Å². The summed E-state index contributed by atoms with van der Waals surface area (Å²) in [4.78, 5) is 0.382. The molecule has 0 aromatic rings. The molecular formula is C2H5Br3SSi. The molecule has 0 saturated carbocycles. The Labute approximate surface area is 73.6 Å². The van der Waals surface area contributed by atoms with E-state index in [0.717, 1.165) is 0 Å². The van der Waals surface area contributed by atoms with Crippen molar-refractivity contribution >= 4 is 62.4 Å². The summed E-state index contributed by atoms with van der Waals surface area (Å²) in [5.74, 6) is 0. The summed E-state index contributed by atoms with van der Waals surface area (Å²) in [5.41, 5.74) is 0. The van der Waals surface area contributed by atoms with Gasteiger partial charge in [-0.1, -0.05) is 52.8 Å². The first-order valence-corrected chi connectivity index (χ1v) is 11.1. The van der Waals surface area contributed by atoms with Crippen molar-refractivity contribution < 1.29 is 0 Å². The third-order valence-electron chi connectivity index (χ3n) is 0.474. The van der Waals surface area contributed by atoms with Crippen LogP contribution in [0.15, 0.2) is 0 Å². The normalized spacial score (nSPS) is 16.7. The minimum absolute atomic E-state index is 0.382. The molecular weight excluding hydrogens is 324 g/mol. The van der Waals surface area contributed by atoms with Crippen LogP contribution in [0.4, 0.5) is 0 Å². The fourth-order valence-electron chi connectivity index (χ4n) is 0. The monoisotopic (exact) mass is 326 g/mol. The Balaban J connectivity index is 3.54. The van der Waals surface area contributed by atoms with Crippen LogP contribution in [-0.4, -0.2) is 8.81 Å². The quantitative estimate of drug-likeness (QED) is 0.427. The molecule has 0 aliphatic rings. The molecule has 0 aliphatic carbocycles. The maximum atomic E-state index is 4.20. The highest BCUT2D eigenvalue weighted by molar-refractivity contribution is 9.72. The van der Waals surface area contributed by atoms with E-state index in [1.165, 1.54) is 0 Å². The smallest absolute Gasteiger partial charge is 0.177 e. The summed E-state index contributed by atoms with van der Waals surface area (Å²) < 4.78 is -1.43. The number of hydrogen-bond acceptors (Lipinski definition) is 1. The van der Waals surface area contributed by atoms with Gasteiger partial charge < -0.3 is 0 Å². The van der Waals surface area contributed by atoms with Gasteiger partial charge in [0, 0.05) is 4.87 Å². The van der Waals surface area contributed by atoms with E-state index in [-0.39, 0.29) is 0 Å². The van der Waals surface area contributed by atoms with E-state index in [2.05, 4.69) is 58.5 Å². The van der Waals surface area contributed by atoms with Crippen LogP contribution in [0.25, 0.3) is 0 Å². The largest absolute Gasteiger partial charge is 0.279 e. The molecule has 44 valence electrons. The Hall–Kier alpha value is 2.01. The van der Waals surface area contributed by atoms with Crippen LogP contribution < -0.4 is 0 Å². The highest BCUT2D eigenvalue weighted by Crippen LogP contribution is 2.33. The summed E-state index contributed by atoms with van der Waals surface area (Å²) in [6.45, 7) is 2.04. The molecule has 0 aliphatic heterocycles. The summed E-state index contributed by atoms with van der Waals surface area (Å²) in [6, 6.07) is 0. The Morgan fingerprint density at radius 3 is 1.57 bits per heavy atom. The second-order valence-corrected chi connectivity index (χ2v) is 25.3. The Morgan fingerprint density at radius 1 is 1.43 bits per heavy atom. The van der Waals surface area contributed by atoms with Crippen molar-refractivity contribution in [1.29, 1.82) is 0 Å². The van der Waals surface area contributed by atoms with Crippen LogP contribution in [0, 0.1) is 0 Å². The van der Waals surface area contributed by atoms with E-state index in [1.807, 2.05) is 6.92 Å². The van der Waals surface area contributed by atoms with Crippen LogP contribution in [0.5, 0.6) is 0 Å². The van der Waals surface area contributed by atoms with Crippen LogP contribution in [-0.2, 0) is 0 Å². The standard InChI is InChI=1S/C2H5Br3SSi/c1-2(6)7(3,4)5/h2,6H,1H3. The maximum absolute atomic E-state index is 4.20. The lowest BCUT2D eigenvalue weighted by atomic mass is 11.0. The van der Waals surface area contributed by atoms with E-state index in [4.69, 9.17) is 0 Å². The first kappa shape index (κ1) is 9.01. The summed E-state index contributed by atoms with van der Waals surface area (Å²) in [5, 5.41) is 0. The van der Waals surface area contributed by atoms with Gasteiger partial charge in [-0.05, 0) is 0 Å². The van der Waals surface area contributed by atoms with Crippen LogP contribution in [0.2, 0.25) is 0 Å². The predicted molar refractivity (Wildman–Crippen MR) is 51.0 cm³/mol. The molecule has 0 heterocycles. The molecule has 7 heavy (non-hydrogen) atoms. The molecule has 0 N–H and O–H groups in total. The third-order valence-corrected chi connectivity index (χ3v) is 11.9. The first-order chi connectivity index (χ1) is 2.94. The average Bonchev–Trinajstić information content (AvgIpc) is 1.31. The van der Waals surface area contributed by atoms with Gasteiger partial charge in [0.2, 0.25) is 0 Å². The SMILES string of the molecule is CC(S)[Si](Br)(Br)Br. The van der Waals surface area contributed by atoms with Gasteiger partial charge >= 0.3 is 0 Å². The molecule has 5 heteroatoms. The fraction of sp³-hybridized carbons (Fsp3) is 1.00. The molecule has 0 spiro atoms. The zero-order valence-corrected chi connectivity index (χ0v) is 10.3. The Morgan fingerprint density at radius 2 is 1.57 bits per heavy atom. The van der Waals surface area contributed by atoms with Gasteiger partial charge in [-0.25, -0.2) is 0 Å². The summed E-state index contributed by atoms with van der Waals surface area (Å²) in [6.07, 6.45) is 0. The van der Waals surface area contributed by atoms with Gasteiger partial charge in [-0.3, -0.25) is 0 Å². The zero-order valence-electron chi connectivity index (χ0n) is 3.66. The number of halogens is 3. The molecule has 0 aromatic heterocycles. The summed E-state index contributed by atoms with van der Waals surface area (Å²) >= 11 is 14.5.